The molecule has 0 saturated heterocycles. The summed E-state index contributed by atoms with van der Waals surface area (Å²) in [6.45, 7) is 25.0. The second kappa shape index (κ2) is 8.01. The van der Waals surface area contributed by atoms with Gasteiger partial charge in [0.05, 0.1) is 0 Å². The van der Waals surface area contributed by atoms with E-state index in [1.165, 1.54) is 33.4 Å². The molecule has 1 heteroatoms. The standard InChI is InChI=1S/C30H35N/c1-28(2,3)23-17-13-21(14-18-23)25-11-10-12-26(27(25)29(4,5)6)22-15-19-24(20-16-22)30(7,8)31-9/h10-20H,1-8H3. The number of rotatable bonds is 3. The molecular formula is C30H35N. The molecule has 0 bridgehead atoms. The van der Waals surface area contributed by atoms with Crippen molar-refractivity contribution < 1.29 is 0 Å². The lowest BCUT2D eigenvalue weighted by atomic mass is 9.76. The van der Waals surface area contributed by atoms with Crippen molar-refractivity contribution in [3.63, 3.8) is 0 Å². The average Bonchev–Trinajstić information content (AvgIpc) is 2.72. The molecule has 160 valence electrons. The quantitative estimate of drug-likeness (QED) is 0.381. The van der Waals surface area contributed by atoms with Crippen LogP contribution in [0.5, 0.6) is 0 Å². The molecule has 0 saturated carbocycles. The predicted octanol–water partition coefficient (Wildman–Crippen LogP) is 8.77. The fourth-order valence-electron chi connectivity index (χ4n) is 4.11. The van der Waals surface area contributed by atoms with Crippen molar-refractivity contribution in [1.29, 1.82) is 0 Å². The van der Waals surface area contributed by atoms with Crippen LogP contribution in [0.15, 0.2) is 66.7 Å². The van der Waals surface area contributed by atoms with E-state index in [0.717, 1.165) is 5.56 Å². The zero-order valence-electron chi connectivity index (χ0n) is 20.3. The Bertz CT molecular complexity index is 1090. The van der Waals surface area contributed by atoms with Crippen molar-refractivity contribution in [1.82, 2.24) is 0 Å². The Morgan fingerprint density at radius 2 is 0.968 bits per heavy atom. The summed E-state index contributed by atoms with van der Waals surface area (Å²) < 4.78 is 0. The number of hydrogen-bond acceptors (Lipinski definition) is 0. The van der Waals surface area contributed by atoms with Gasteiger partial charge in [0.15, 0.2) is 0 Å². The highest BCUT2D eigenvalue weighted by Gasteiger charge is 2.27. The normalized spacial score (nSPS) is 12.5. The van der Waals surface area contributed by atoms with E-state index in [-0.39, 0.29) is 10.8 Å². The second-order valence-electron chi connectivity index (χ2n) is 11.1. The topological polar surface area (TPSA) is 4.36 Å². The van der Waals surface area contributed by atoms with Crippen molar-refractivity contribution in [3.05, 3.63) is 94.8 Å². The maximum Gasteiger partial charge on any atom is 0.252 e. The van der Waals surface area contributed by atoms with Crippen LogP contribution in [0.25, 0.3) is 27.1 Å². The monoisotopic (exact) mass is 409 g/mol. The molecule has 0 heterocycles. The summed E-state index contributed by atoms with van der Waals surface area (Å²) in [5.74, 6) is 0. The van der Waals surface area contributed by atoms with Crippen LogP contribution in [0.4, 0.5) is 0 Å². The molecule has 0 spiro atoms. The minimum absolute atomic E-state index is 0.0108. The lowest BCUT2D eigenvalue weighted by Crippen LogP contribution is -2.15. The van der Waals surface area contributed by atoms with Crippen LogP contribution in [-0.2, 0) is 16.4 Å². The molecule has 1 nitrogen and oxygen atoms in total. The zero-order chi connectivity index (χ0) is 23.0. The Morgan fingerprint density at radius 3 is 1.32 bits per heavy atom. The summed E-state index contributed by atoms with van der Waals surface area (Å²) in [4.78, 5) is 3.78. The van der Waals surface area contributed by atoms with Crippen molar-refractivity contribution in [2.75, 3.05) is 0 Å². The van der Waals surface area contributed by atoms with Crippen LogP contribution in [0, 0.1) is 6.57 Å². The van der Waals surface area contributed by atoms with Crippen LogP contribution in [0.3, 0.4) is 0 Å². The van der Waals surface area contributed by atoms with Gasteiger partial charge in [0.2, 0.25) is 0 Å². The lowest BCUT2D eigenvalue weighted by Gasteiger charge is -2.27. The van der Waals surface area contributed by atoms with Gasteiger partial charge >= 0.3 is 0 Å². The van der Waals surface area contributed by atoms with Gasteiger partial charge in [0.1, 0.15) is 0 Å². The zero-order valence-corrected chi connectivity index (χ0v) is 20.3. The molecule has 0 aromatic heterocycles. The van der Waals surface area contributed by atoms with Crippen molar-refractivity contribution in [2.45, 2.75) is 71.8 Å². The lowest BCUT2D eigenvalue weighted by molar-refractivity contribution is 0.589. The van der Waals surface area contributed by atoms with Gasteiger partial charge in [-0.1, -0.05) is 108 Å². The van der Waals surface area contributed by atoms with Gasteiger partial charge in [0, 0.05) is 19.4 Å². The first-order valence-corrected chi connectivity index (χ1v) is 11.1. The van der Waals surface area contributed by atoms with E-state index < -0.39 is 5.54 Å². The fourth-order valence-corrected chi connectivity index (χ4v) is 4.11. The summed E-state index contributed by atoms with van der Waals surface area (Å²) in [7, 11) is 0. The Labute approximate surface area is 189 Å². The predicted molar refractivity (Wildman–Crippen MR) is 134 cm³/mol. The van der Waals surface area contributed by atoms with Crippen molar-refractivity contribution >= 4 is 0 Å². The molecule has 0 N–H and O–H groups in total. The van der Waals surface area contributed by atoms with Crippen LogP contribution < -0.4 is 0 Å². The first-order chi connectivity index (χ1) is 14.3. The maximum absolute atomic E-state index is 7.48. The van der Waals surface area contributed by atoms with Gasteiger partial charge in [-0.25, -0.2) is 6.57 Å². The van der Waals surface area contributed by atoms with Gasteiger partial charge in [-0.05, 0) is 44.2 Å². The molecule has 3 rings (SSSR count). The molecule has 3 aromatic rings. The molecule has 0 radical (unpaired) electrons. The van der Waals surface area contributed by atoms with E-state index in [1.807, 2.05) is 13.8 Å². The highest BCUT2D eigenvalue weighted by molar-refractivity contribution is 5.80. The van der Waals surface area contributed by atoms with Crippen LogP contribution in [0.1, 0.15) is 72.1 Å². The largest absolute Gasteiger partial charge is 0.306 e. The van der Waals surface area contributed by atoms with E-state index in [9.17, 15) is 0 Å². The Kier molecular flexibility index (Phi) is 5.90. The molecule has 0 aliphatic heterocycles. The summed E-state index contributed by atoms with van der Waals surface area (Å²) >= 11 is 0. The van der Waals surface area contributed by atoms with Gasteiger partial charge < -0.3 is 4.85 Å². The van der Waals surface area contributed by atoms with E-state index in [1.54, 1.807) is 0 Å². The van der Waals surface area contributed by atoms with Gasteiger partial charge in [0.25, 0.3) is 5.54 Å². The minimum atomic E-state index is -0.498. The summed E-state index contributed by atoms with van der Waals surface area (Å²) in [5.41, 5.74) is 8.40. The molecule has 31 heavy (non-hydrogen) atoms. The van der Waals surface area contributed by atoms with Crippen LogP contribution in [0.2, 0.25) is 0 Å². The molecule has 0 fully saturated rings. The summed E-state index contributed by atoms with van der Waals surface area (Å²) in [5, 5.41) is 0. The Morgan fingerprint density at radius 1 is 0.548 bits per heavy atom. The third-order valence-electron chi connectivity index (χ3n) is 6.06. The molecule has 0 amide bonds. The van der Waals surface area contributed by atoms with Crippen LogP contribution >= 0.6 is 0 Å². The summed E-state index contributed by atoms with van der Waals surface area (Å²) in [6.07, 6.45) is 0. The van der Waals surface area contributed by atoms with Gasteiger partial charge in [-0.15, -0.1) is 0 Å². The number of nitrogens with zero attached hydrogens (tertiary/aromatic N) is 1. The van der Waals surface area contributed by atoms with E-state index >= 15 is 0 Å². The summed E-state index contributed by atoms with van der Waals surface area (Å²) in [6, 6.07) is 24.2. The van der Waals surface area contributed by atoms with Gasteiger partial charge in [-0.2, -0.15) is 0 Å². The maximum atomic E-state index is 7.48. The number of benzene rings is 3. The molecular weight excluding hydrogens is 374 g/mol. The Hall–Kier alpha value is -2.85. The molecule has 0 aliphatic carbocycles. The highest BCUT2D eigenvalue weighted by atomic mass is 14.8. The SMILES string of the molecule is [C-]#[N+]C(C)(C)c1ccc(-c2cccc(-c3ccc(C(C)(C)C)cc3)c2C(C)(C)C)cc1. The van der Waals surface area contributed by atoms with Crippen LogP contribution in [-0.4, -0.2) is 0 Å². The molecule has 0 atom stereocenters. The first-order valence-electron chi connectivity index (χ1n) is 11.1. The second-order valence-corrected chi connectivity index (χ2v) is 11.1. The van der Waals surface area contributed by atoms with E-state index in [0.29, 0.717) is 0 Å². The van der Waals surface area contributed by atoms with Crippen molar-refractivity contribution in [3.8, 4) is 22.3 Å². The fraction of sp³-hybridized carbons (Fsp3) is 0.367. The highest BCUT2D eigenvalue weighted by Crippen LogP contribution is 2.41. The van der Waals surface area contributed by atoms with Gasteiger partial charge in [-0.3, -0.25) is 0 Å². The third kappa shape index (κ3) is 4.75. The molecule has 3 aromatic carbocycles. The van der Waals surface area contributed by atoms with E-state index in [4.69, 9.17) is 6.57 Å². The van der Waals surface area contributed by atoms with Crippen molar-refractivity contribution in [2.24, 2.45) is 0 Å². The number of hydrogen-bond donors (Lipinski definition) is 0. The van der Waals surface area contributed by atoms with E-state index in [2.05, 4.69) is 113 Å². The Balaban J connectivity index is 2.15. The first kappa shape index (κ1) is 22.8. The third-order valence-corrected chi connectivity index (χ3v) is 6.06. The molecule has 0 unspecified atom stereocenters. The minimum Gasteiger partial charge on any atom is -0.306 e. The smallest absolute Gasteiger partial charge is 0.252 e. The molecule has 0 aliphatic rings. The average molecular weight is 410 g/mol.